The maximum atomic E-state index is 13.9. The lowest BCUT2D eigenvalue weighted by atomic mass is 10.1. The highest BCUT2D eigenvalue weighted by Crippen LogP contribution is 2.19. The number of aryl methyl sites for hydroxylation is 2. The Morgan fingerprint density at radius 2 is 1.81 bits per heavy atom. The van der Waals surface area contributed by atoms with Gasteiger partial charge < -0.3 is 14.6 Å². The fraction of sp³-hybridized carbons (Fsp3) is 0.200. The van der Waals surface area contributed by atoms with Gasteiger partial charge in [-0.25, -0.2) is 9.37 Å². The van der Waals surface area contributed by atoms with Gasteiger partial charge in [0.2, 0.25) is 0 Å². The van der Waals surface area contributed by atoms with Gasteiger partial charge in [-0.2, -0.15) is 0 Å². The highest BCUT2D eigenvalue weighted by Gasteiger charge is 2.14. The molecular weight excluding hydrogens is 393 g/mol. The Morgan fingerprint density at radius 1 is 1.03 bits per heavy atom. The van der Waals surface area contributed by atoms with Crippen LogP contribution in [0.3, 0.4) is 0 Å². The molecule has 6 heteroatoms. The van der Waals surface area contributed by atoms with Crippen molar-refractivity contribution in [2.45, 2.75) is 26.9 Å². The van der Waals surface area contributed by atoms with Gasteiger partial charge in [0.05, 0.1) is 29.7 Å². The zero-order chi connectivity index (χ0) is 21.8. The van der Waals surface area contributed by atoms with Gasteiger partial charge in [-0.1, -0.05) is 30.3 Å². The third kappa shape index (κ3) is 4.58. The molecule has 158 valence electrons. The van der Waals surface area contributed by atoms with Gasteiger partial charge in [0.25, 0.3) is 5.91 Å². The Bertz CT molecular complexity index is 1230. The van der Waals surface area contributed by atoms with Crippen molar-refractivity contribution in [1.82, 2.24) is 14.9 Å². The van der Waals surface area contributed by atoms with Crippen molar-refractivity contribution in [1.29, 1.82) is 0 Å². The number of rotatable bonds is 7. The van der Waals surface area contributed by atoms with Crippen molar-refractivity contribution in [2.24, 2.45) is 0 Å². The second-order valence-corrected chi connectivity index (χ2v) is 7.43. The molecular formula is C25H24FN3O2. The molecule has 1 heterocycles. The average Bonchev–Trinajstić information content (AvgIpc) is 3.12. The van der Waals surface area contributed by atoms with Crippen molar-refractivity contribution in [3.8, 4) is 5.75 Å². The van der Waals surface area contributed by atoms with Crippen LogP contribution in [-0.2, 0) is 13.1 Å². The van der Waals surface area contributed by atoms with E-state index >= 15 is 0 Å². The molecule has 4 aromatic rings. The number of imidazole rings is 1. The number of carbonyl (C=O) groups is 1. The fourth-order valence-electron chi connectivity index (χ4n) is 3.47. The lowest BCUT2D eigenvalue weighted by Gasteiger charge is -2.12. The molecule has 3 aromatic carbocycles. The van der Waals surface area contributed by atoms with Gasteiger partial charge in [0.15, 0.2) is 0 Å². The van der Waals surface area contributed by atoms with Crippen LogP contribution in [0, 0.1) is 19.7 Å². The summed E-state index contributed by atoms with van der Waals surface area (Å²) in [6.45, 7) is 5.33. The van der Waals surface area contributed by atoms with Crippen molar-refractivity contribution >= 4 is 16.9 Å². The lowest BCUT2D eigenvalue weighted by Crippen LogP contribution is -2.26. The number of nitrogens with zero attached hydrogens (tertiary/aromatic N) is 2. The first-order valence-electron chi connectivity index (χ1n) is 10.2. The summed E-state index contributed by atoms with van der Waals surface area (Å²) < 4.78 is 21.9. The van der Waals surface area contributed by atoms with E-state index in [1.807, 2.05) is 47.0 Å². The van der Waals surface area contributed by atoms with Crippen LogP contribution in [0.15, 0.2) is 66.7 Å². The van der Waals surface area contributed by atoms with E-state index in [1.54, 1.807) is 12.1 Å². The third-order valence-corrected chi connectivity index (χ3v) is 5.32. The molecule has 0 aliphatic carbocycles. The third-order valence-electron chi connectivity index (χ3n) is 5.32. The normalized spacial score (nSPS) is 10.9. The number of amides is 1. The van der Waals surface area contributed by atoms with Crippen LogP contribution in [0.1, 0.15) is 27.3 Å². The van der Waals surface area contributed by atoms with Crippen molar-refractivity contribution in [3.05, 3.63) is 95.1 Å². The number of hydrogen-bond donors (Lipinski definition) is 1. The minimum Gasteiger partial charge on any atom is -0.492 e. The first-order valence-corrected chi connectivity index (χ1v) is 10.2. The first kappa shape index (κ1) is 20.6. The van der Waals surface area contributed by atoms with Gasteiger partial charge in [0, 0.05) is 0 Å². The Labute approximate surface area is 180 Å². The number of carbonyl (C=O) groups excluding carboxylic acids is 1. The number of ether oxygens (including phenoxy) is 1. The van der Waals surface area contributed by atoms with E-state index in [0.717, 1.165) is 16.8 Å². The van der Waals surface area contributed by atoms with E-state index in [-0.39, 0.29) is 12.1 Å². The average molecular weight is 417 g/mol. The lowest BCUT2D eigenvalue weighted by molar-refractivity contribution is 0.0945. The molecule has 5 nitrogen and oxygen atoms in total. The van der Waals surface area contributed by atoms with Crippen molar-refractivity contribution in [2.75, 3.05) is 6.61 Å². The number of aromatic nitrogens is 2. The molecule has 0 aliphatic heterocycles. The SMILES string of the molecule is Cc1ccc(OCCn2c(CNC(=O)c3ccccc3F)nc3ccccc32)cc1C. The number of hydrogen-bond acceptors (Lipinski definition) is 3. The molecule has 0 saturated carbocycles. The van der Waals surface area contributed by atoms with Crippen LogP contribution >= 0.6 is 0 Å². The Hall–Kier alpha value is -3.67. The largest absolute Gasteiger partial charge is 0.492 e. The highest BCUT2D eigenvalue weighted by molar-refractivity contribution is 5.94. The molecule has 1 amide bonds. The summed E-state index contributed by atoms with van der Waals surface area (Å²) >= 11 is 0. The Kier molecular flexibility index (Phi) is 5.98. The van der Waals surface area contributed by atoms with Crippen LogP contribution in [0.5, 0.6) is 5.75 Å². The molecule has 0 fully saturated rings. The highest BCUT2D eigenvalue weighted by atomic mass is 19.1. The molecule has 0 atom stereocenters. The van der Waals surface area contributed by atoms with E-state index in [1.165, 1.54) is 23.3 Å². The summed E-state index contributed by atoms with van der Waals surface area (Å²) in [6, 6.07) is 19.7. The summed E-state index contributed by atoms with van der Waals surface area (Å²) in [4.78, 5) is 17.1. The van der Waals surface area contributed by atoms with Gasteiger partial charge in [-0.05, 0) is 61.4 Å². The minimum absolute atomic E-state index is 0.0169. The predicted octanol–water partition coefficient (Wildman–Crippen LogP) is 4.80. The van der Waals surface area contributed by atoms with E-state index < -0.39 is 11.7 Å². The summed E-state index contributed by atoms with van der Waals surface area (Å²) in [5.74, 6) is 0.495. The van der Waals surface area contributed by atoms with E-state index in [2.05, 4.69) is 24.1 Å². The van der Waals surface area contributed by atoms with Crippen molar-refractivity contribution in [3.63, 3.8) is 0 Å². The zero-order valence-electron chi connectivity index (χ0n) is 17.6. The van der Waals surface area contributed by atoms with Crippen LogP contribution in [0.2, 0.25) is 0 Å². The number of nitrogens with one attached hydrogen (secondary N) is 1. The maximum Gasteiger partial charge on any atom is 0.254 e. The minimum atomic E-state index is -0.546. The molecule has 1 aromatic heterocycles. The van der Waals surface area contributed by atoms with Crippen LogP contribution < -0.4 is 10.1 Å². The Morgan fingerprint density at radius 3 is 2.61 bits per heavy atom. The second kappa shape index (κ2) is 9.00. The number of para-hydroxylation sites is 2. The van der Waals surface area contributed by atoms with Gasteiger partial charge in [-0.3, -0.25) is 4.79 Å². The topological polar surface area (TPSA) is 56.1 Å². The monoisotopic (exact) mass is 417 g/mol. The number of fused-ring (bicyclic) bond motifs is 1. The van der Waals surface area contributed by atoms with E-state index in [0.29, 0.717) is 19.0 Å². The molecule has 0 bridgehead atoms. The first-order chi connectivity index (χ1) is 15.0. The fourth-order valence-corrected chi connectivity index (χ4v) is 3.47. The molecule has 0 spiro atoms. The molecule has 0 aliphatic rings. The van der Waals surface area contributed by atoms with Crippen LogP contribution in [-0.4, -0.2) is 22.1 Å². The second-order valence-electron chi connectivity index (χ2n) is 7.43. The maximum absolute atomic E-state index is 13.9. The summed E-state index contributed by atoms with van der Waals surface area (Å²) in [5, 5.41) is 2.78. The summed E-state index contributed by atoms with van der Waals surface area (Å²) in [7, 11) is 0. The predicted molar refractivity (Wildman–Crippen MR) is 119 cm³/mol. The Balaban J connectivity index is 1.49. The van der Waals surface area contributed by atoms with Gasteiger partial charge >= 0.3 is 0 Å². The summed E-state index contributed by atoms with van der Waals surface area (Å²) in [5.41, 5.74) is 4.22. The molecule has 0 saturated heterocycles. The summed E-state index contributed by atoms with van der Waals surface area (Å²) in [6.07, 6.45) is 0. The van der Waals surface area contributed by atoms with Gasteiger partial charge in [-0.15, -0.1) is 0 Å². The molecule has 0 unspecified atom stereocenters. The van der Waals surface area contributed by atoms with Crippen LogP contribution in [0.4, 0.5) is 4.39 Å². The van der Waals surface area contributed by atoms with E-state index in [9.17, 15) is 9.18 Å². The number of benzene rings is 3. The number of halogens is 1. The standard InChI is InChI=1S/C25H24FN3O2/c1-17-11-12-19(15-18(17)2)31-14-13-29-23-10-6-5-9-22(23)28-24(29)16-27-25(30)20-7-3-4-8-21(20)26/h3-12,15H,13-14,16H2,1-2H3,(H,27,30). The quantitative estimate of drug-likeness (QED) is 0.470. The van der Waals surface area contributed by atoms with Crippen LogP contribution in [0.25, 0.3) is 11.0 Å². The molecule has 1 N–H and O–H groups in total. The smallest absolute Gasteiger partial charge is 0.254 e. The van der Waals surface area contributed by atoms with Gasteiger partial charge in [0.1, 0.15) is 24.0 Å². The zero-order valence-corrected chi connectivity index (χ0v) is 17.6. The molecule has 31 heavy (non-hydrogen) atoms. The van der Waals surface area contributed by atoms with Crippen molar-refractivity contribution < 1.29 is 13.9 Å². The molecule has 4 rings (SSSR count). The molecule has 0 radical (unpaired) electrons. The van der Waals surface area contributed by atoms with E-state index in [4.69, 9.17) is 4.74 Å².